The van der Waals surface area contributed by atoms with Gasteiger partial charge in [-0.3, -0.25) is 4.79 Å². The Morgan fingerprint density at radius 3 is 1.79 bits per heavy atom. The van der Waals surface area contributed by atoms with E-state index in [1.807, 2.05) is 91.0 Å². The van der Waals surface area contributed by atoms with E-state index in [0.29, 0.717) is 5.56 Å². The summed E-state index contributed by atoms with van der Waals surface area (Å²) in [5, 5.41) is 1.75. The SMILES string of the molecule is CC(=O)c1cc2ccc(-c3ccccc3)nc2c2nc(-c3ccccc3)ccc12. The second kappa shape index (κ2) is 6.95. The van der Waals surface area contributed by atoms with Crippen LogP contribution >= 0.6 is 0 Å². The molecule has 2 heterocycles. The second-order valence-corrected chi connectivity index (χ2v) is 7.07. The zero-order chi connectivity index (χ0) is 19.8. The van der Waals surface area contributed by atoms with Gasteiger partial charge < -0.3 is 0 Å². The lowest BCUT2D eigenvalue weighted by molar-refractivity contribution is 0.101. The number of aromatic nitrogens is 2. The lowest BCUT2D eigenvalue weighted by Crippen LogP contribution is -1.98. The third-order valence-electron chi connectivity index (χ3n) is 5.15. The Morgan fingerprint density at radius 2 is 1.21 bits per heavy atom. The molecule has 138 valence electrons. The molecule has 0 fully saturated rings. The van der Waals surface area contributed by atoms with Crippen LogP contribution in [0.25, 0.3) is 44.3 Å². The van der Waals surface area contributed by atoms with Crippen molar-refractivity contribution in [2.75, 3.05) is 0 Å². The van der Waals surface area contributed by atoms with Crippen molar-refractivity contribution in [2.24, 2.45) is 0 Å². The van der Waals surface area contributed by atoms with E-state index >= 15 is 0 Å². The smallest absolute Gasteiger partial charge is 0.160 e. The Balaban J connectivity index is 1.84. The van der Waals surface area contributed by atoms with Crippen molar-refractivity contribution in [2.45, 2.75) is 6.92 Å². The fourth-order valence-electron chi connectivity index (χ4n) is 3.70. The predicted molar refractivity (Wildman–Crippen MR) is 118 cm³/mol. The molecular formula is C26H18N2O. The summed E-state index contributed by atoms with van der Waals surface area (Å²) in [6.07, 6.45) is 0. The van der Waals surface area contributed by atoms with Crippen LogP contribution in [0.2, 0.25) is 0 Å². The number of Topliss-reactive ketones (excluding diaryl/α,β-unsaturated/α-hetero) is 1. The summed E-state index contributed by atoms with van der Waals surface area (Å²) in [5.41, 5.74) is 6.09. The molecule has 0 aliphatic carbocycles. The summed E-state index contributed by atoms with van der Waals surface area (Å²) in [5.74, 6) is 0.0262. The van der Waals surface area contributed by atoms with Crippen LogP contribution in [0.1, 0.15) is 17.3 Å². The number of ketones is 1. The van der Waals surface area contributed by atoms with Crippen LogP contribution in [0.4, 0.5) is 0 Å². The predicted octanol–water partition coefficient (Wildman–Crippen LogP) is 6.32. The van der Waals surface area contributed by atoms with E-state index in [1.165, 1.54) is 0 Å². The summed E-state index contributed by atoms with van der Waals surface area (Å²) in [4.78, 5) is 22.2. The van der Waals surface area contributed by atoms with E-state index in [-0.39, 0.29) is 5.78 Å². The first-order valence-electron chi connectivity index (χ1n) is 9.57. The Morgan fingerprint density at radius 1 is 0.655 bits per heavy atom. The van der Waals surface area contributed by atoms with Crippen LogP contribution < -0.4 is 0 Å². The summed E-state index contributed by atoms with van der Waals surface area (Å²) >= 11 is 0. The van der Waals surface area contributed by atoms with Crippen LogP contribution in [0.5, 0.6) is 0 Å². The first kappa shape index (κ1) is 17.3. The highest BCUT2D eigenvalue weighted by Crippen LogP contribution is 2.31. The zero-order valence-electron chi connectivity index (χ0n) is 16.0. The summed E-state index contributed by atoms with van der Waals surface area (Å²) in [6.45, 7) is 1.59. The normalized spacial score (nSPS) is 11.1. The van der Waals surface area contributed by atoms with Crippen LogP contribution in [0.15, 0.2) is 91.0 Å². The first-order chi connectivity index (χ1) is 14.2. The van der Waals surface area contributed by atoms with Gasteiger partial charge in [0.25, 0.3) is 0 Å². The number of fused-ring (bicyclic) bond motifs is 3. The Labute approximate surface area is 168 Å². The third kappa shape index (κ3) is 3.07. The van der Waals surface area contributed by atoms with Gasteiger partial charge in [0.2, 0.25) is 0 Å². The number of pyridine rings is 2. The molecule has 0 unspecified atom stereocenters. The molecule has 0 saturated carbocycles. The molecule has 0 aliphatic rings. The summed E-state index contributed by atoms with van der Waals surface area (Å²) < 4.78 is 0. The molecule has 5 aromatic rings. The Bertz CT molecular complexity index is 1360. The van der Waals surface area contributed by atoms with Gasteiger partial charge in [-0.2, -0.15) is 0 Å². The van der Waals surface area contributed by atoms with Gasteiger partial charge in [0, 0.05) is 27.5 Å². The number of rotatable bonds is 3. The summed E-state index contributed by atoms with van der Waals surface area (Å²) in [7, 11) is 0. The third-order valence-corrected chi connectivity index (χ3v) is 5.15. The molecule has 5 rings (SSSR count). The van der Waals surface area contributed by atoms with Crippen LogP contribution in [-0.4, -0.2) is 15.8 Å². The molecule has 0 amide bonds. The molecule has 0 bridgehead atoms. The molecule has 29 heavy (non-hydrogen) atoms. The van der Waals surface area contributed by atoms with Gasteiger partial charge in [-0.1, -0.05) is 66.7 Å². The average molecular weight is 374 g/mol. The number of hydrogen-bond acceptors (Lipinski definition) is 3. The van der Waals surface area contributed by atoms with Gasteiger partial charge in [0.05, 0.1) is 22.4 Å². The minimum Gasteiger partial charge on any atom is -0.294 e. The zero-order valence-corrected chi connectivity index (χ0v) is 16.0. The molecule has 0 atom stereocenters. The van der Waals surface area contributed by atoms with Crippen molar-refractivity contribution in [1.82, 2.24) is 9.97 Å². The Kier molecular flexibility index (Phi) is 4.14. The topological polar surface area (TPSA) is 42.9 Å². The van der Waals surface area contributed by atoms with Crippen LogP contribution in [0.3, 0.4) is 0 Å². The molecular weight excluding hydrogens is 356 g/mol. The number of hydrogen-bond donors (Lipinski definition) is 0. The van der Waals surface area contributed by atoms with E-state index in [2.05, 4.69) is 0 Å². The maximum absolute atomic E-state index is 12.3. The molecule has 3 heteroatoms. The van der Waals surface area contributed by atoms with Gasteiger partial charge in [0.1, 0.15) is 0 Å². The van der Waals surface area contributed by atoms with Crippen LogP contribution in [-0.2, 0) is 0 Å². The first-order valence-corrected chi connectivity index (χ1v) is 9.57. The molecule has 2 aromatic heterocycles. The number of carbonyl (C=O) groups excluding carboxylic acids is 1. The number of carbonyl (C=O) groups is 1. The highest BCUT2D eigenvalue weighted by molar-refractivity contribution is 6.15. The van der Waals surface area contributed by atoms with Crippen molar-refractivity contribution in [1.29, 1.82) is 0 Å². The van der Waals surface area contributed by atoms with E-state index in [1.54, 1.807) is 6.92 Å². The van der Waals surface area contributed by atoms with Crippen molar-refractivity contribution in [3.05, 3.63) is 96.6 Å². The maximum atomic E-state index is 12.3. The molecule has 0 aliphatic heterocycles. The van der Waals surface area contributed by atoms with Crippen molar-refractivity contribution >= 4 is 27.6 Å². The molecule has 0 radical (unpaired) electrons. The molecule has 0 spiro atoms. The quantitative estimate of drug-likeness (QED) is 0.274. The monoisotopic (exact) mass is 374 g/mol. The van der Waals surface area contributed by atoms with Gasteiger partial charge in [-0.15, -0.1) is 0 Å². The Hall–Kier alpha value is -3.85. The largest absolute Gasteiger partial charge is 0.294 e. The van der Waals surface area contributed by atoms with Crippen LogP contribution in [0, 0.1) is 0 Å². The van der Waals surface area contributed by atoms with E-state index in [0.717, 1.165) is 44.3 Å². The van der Waals surface area contributed by atoms with Crippen molar-refractivity contribution in [3.8, 4) is 22.5 Å². The van der Waals surface area contributed by atoms with E-state index in [9.17, 15) is 4.79 Å². The van der Waals surface area contributed by atoms with Gasteiger partial charge in [-0.05, 0) is 31.2 Å². The van der Waals surface area contributed by atoms with Gasteiger partial charge in [0.15, 0.2) is 5.78 Å². The average Bonchev–Trinajstić information content (AvgIpc) is 2.79. The minimum absolute atomic E-state index is 0.0262. The van der Waals surface area contributed by atoms with E-state index in [4.69, 9.17) is 9.97 Å². The molecule has 0 saturated heterocycles. The van der Waals surface area contributed by atoms with Gasteiger partial charge >= 0.3 is 0 Å². The highest BCUT2D eigenvalue weighted by Gasteiger charge is 2.14. The molecule has 3 aromatic carbocycles. The van der Waals surface area contributed by atoms with Crippen molar-refractivity contribution in [3.63, 3.8) is 0 Å². The fourth-order valence-corrected chi connectivity index (χ4v) is 3.70. The van der Waals surface area contributed by atoms with Crippen molar-refractivity contribution < 1.29 is 4.79 Å². The standard InChI is InChI=1S/C26H18N2O/c1-17(29)22-16-20-12-14-23(18-8-4-2-5-9-18)27-25(20)26-21(22)13-15-24(28-26)19-10-6-3-7-11-19/h2-16H,1H3. The minimum atomic E-state index is 0.0262. The molecule has 0 N–H and O–H groups in total. The van der Waals surface area contributed by atoms with Gasteiger partial charge in [-0.25, -0.2) is 9.97 Å². The highest BCUT2D eigenvalue weighted by atomic mass is 16.1. The number of nitrogens with zero attached hydrogens (tertiary/aromatic N) is 2. The lowest BCUT2D eigenvalue weighted by atomic mass is 9.99. The lowest BCUT2D eigenvalue weighted by Gasteiger charge is -2.11. The second-order valence-electron chi connectivity index (χ2n) is 7.07. The maximum Gasteiger partial charge on any atom is 0.160 e. The fraction of sp³-hybridized carbons (Fsp3) is 0.0385. The van der Waals surface area contributed by atoms with E-state index < -0.39 is 0 Å². The molecule has 3 nitrogen and oxygen atoms in total. The summed E-state index contributed by atoms with van der Waals surface area (Å²) in [6, 6.07) is 30.0. The number of benzene rings is 3.